The van der Waals surface area contributed by atoms with E-state index in [1.165, 1.54) is 0 Å². The van der Waals surface area contributed by atoms with Crippen molar-refractivity contribution in [1.82, 2.24) is 19.4 Å². The summed E-state index contributed by atoms with van der Waals surface area (Å²) in [6.07, 6.45) is 4.08. The number of carbonyl (C=O) groups is 1. The van der Waals surface area contributed by atoms with Gasteiger partial charge in [-0.1, -0.05) is 33.6 Å². The molecule has 0 aliphatic carbocycles. The van der Waals surface area contributed by atoms with Gasteiger partial charge in [-0.3, -0.25) is 14.3 Å². The Kier molecular flexibility index (Phi) is 7.21. The molecule has 0 unspecified atom stereocenters. The van der Waals surface area contributed by atoms with Crippen LogP contribution >= 0.6 is 0 Å². The molecule has 2 heterocycles. The number of aromatic nitrogens is 4. The molecular formula is C22H29N5O5S. The van der Waals surface area contributed by atoms with Crippen LogP contribution in [-0.4, -0.2) is 39.4 Å². The summed E-state index contributed by atoms with van der Waals surface area (Å²) in [5.41, 5.74) is 0.966. The number of hydrogen-bond acceptors (Lipinski definition) is 6. The van der Waals surface area contributed by atoms with Crippen LogP contribution in [-0.2, 0) is 21.9 Å². The van der Waals surface area contributed by atoms with Gasteiger partial charge in [-0.2, -0.15) is 9.77 Å². The van der Waals surface area contributed by atoms with Crippen LogP contribution in [0.1, 0.15) is 57.9 Å². The number of sulfonamides is 1. The summed E-state index contributed by atoms with van der Waals surface area (Å²) in [4.78, 5) is 42.2. The number of carbonyl (C=O) groups excluding carboxylic acids is 1. The summed E-state index contributed by atoms with van der Waals surface area (Å²) in [7, 11) is -2.46. The third kappa shape index (κ3) is 5.41. The number of nitrogens with one attached hydrogen (secondary N) is 2. The van der Waals surface area contributed by atoms with Gasteiger partial charge >= 0.3 is 5.69 Å². The minimum atomic E-state index is -4.24. The maximum atomic E-state index is 13.1. The van der Waals surface area contributed by atoms with Crippen LogP contribution in [0.5, 0.6) is 0 Å². The minimum absolute atomic E-state index is 0.0856. The standard InChI is InChI=1S/C22H29N5O5S/c1-5-6-7-8-15(28)13-33(31,32)25-27-21(29)18-11-17(20-9-10-23-26(20)4)16(14(2)3)12-19(18)24-22(27)30/h9-12,14,25H,5-8,13H2,1-4H3,(H,24,30). The molecule has 0 atom stereocenters. The first kappa shape index (κ1) is 24.4. The van der Waals surface area contributed by atoms with Crippen LogP contribution in [0.2, 0.25) is 0 Å². The third-order valence-corrected chi connectivity index (χ3v) is 6.59. The highest BCUT2D eigenvalue weighted by atomic mass is 32.2. The van der Waals surface area contributed by atoms with Gasteiger partial charge in [-0.25, -0.2) is 18.0 Å². The third-order valence-electron chi connectivity index (χ3n) is 5.43. The number of unbranched alkanes of at least 4 members (excludes halogenated alkanes) is 2. The highest BCUT2D eigenvalue weighted by Gasteiger charge is 2.21. The van der Waals surface area contributed by atoms with E-state index >= 15 is 0 Å². The quantitative estimate of drug-likeness (QED) is 0.432. The van der Waals surface area contributed by atoms with E-state index < -0.39 is 32.8 Å². The van der Waals surface area contributed by atoms with Gasteiger partial charge in [-0.05, 0) is 36.1 Å². The lowest BCUT2D eigenvalue weighted by Crippen LogP contribution is -2.44. The molecule has 10 nitrogen and oxygen atoms in total. The Labute approximate surface area is 191 Å². The zero-order valence-corrected chi connectivity index (χ0v) is 20.0. The topological polar surface area (TPSA) is 136 Å². The lowest BCUT2D eigenvalue weighted by atomic mass is 9.93. The van der Waals surface area contributed by atoms with Gasteiger partial charge in [0, 0.05) is 25.2 Å². The van der Waals surface area contributed by atoms with Crippen molar-refractivity contribution in [2.24, 2.45) is 7.05 Å². The van der Waals surface area contributed by atoms with E-state index in [1.54, 1.807) is 30.1 Å². The monoisotopic (exact) mass is 475 g/mol. The van der Waals surface area contributed by atoms with Crippen molar-refractivity contribution in [3.8, 4) is 11.3 Å². The molecule has 0 radical (unpaired) electrons. The number of benzene rings is 1. The normalized spacial score (nSPS) is 11.9. The van der Waals surface area contributed by atoms with E-state index in [1.807, 2.05) is 31.7 Å². The fraction of sp³-hybridized carbons (Fsp3) is 0.455. The lowest BCUT2D eigenvalue weighted by molar-refractivity contribution is -0.116. The molecule has 0 saturated heterocycles. The van der Waals surface area contributed by atoms with E-state index in [9.17, 15) is 22.8 Å². The molecule has 11 heteroatoms. The molecule has 0 bridgehead atoms. The second-order valence-electron chi connectivity index (χ2n) is 8.40. The van der Waals surface area contributed by atoms with Gasteiger partial charge in [0.15, 0.2) is 0 Å². The molecule has 3 aromatic rings. The fourth-order valence-corrected chi connectivity index (χ4v) is 4.81. The zero-order chi connectivity index (χ0) is 24.3. The van der Waals surface area contributed by atoms with Crippen LogP contribution in [0, 0.1) is 0 Å². The van der Waals surface area contributed by atoms with Crippen LogP contribution in [0.3, 0.4) is 0 Å². The number of aryl methyl sites for hydroxylation is 1. The molecule has 0 aliphatic heterocycles. The predicted molar refractivity (Wildman–Crippen MR) is 127 cm³/mol. The van der Waals surface area contributed by atoms with Gasteiger partial charge in [0.05, 0.1) is 16.6 Å². The fourth-order valence-electron chi connectivity index (χ4n) is 3.73. The second kappa shape index (κ2) is 9.74. The highest BCUT2D eigenvalue weighted by Crippen LogP contribution is 2.31. The molecule has 178 valence electrons. The van der Waals surface area contributed by atoms with Crippen LogP contribution < -0.4 is 16.1 Å². The summed E-state index contributed by atoms with van der Waals surface area (Å²) in [6.45, 7) is 5.96. The minimum Gasteiger partial charge on any atom is -0.305 e. The van der Waals surface area contributed by atoms with Crippen molar-refractivity contribution in [3.63, 3.8) is 0 Å². The first-order chi connectivity index (χ1) is 15.5. The van der Waals surface area contributed by atoms with Crippen LogP contribution in [0.25, 0.3) is 22.2 Å². The number of H-pyrrole nitrogens is 1. The molecule has 0 aliphatic rings. The van der Waals surface area contributed by atoms with Gasteiger partial charge in [0.25, 0.3) is 15.6 Å². The largest absolute Gasteiger partial charge is 0.348 e. The van der Waals surface area contributed by atoms with Crippen molar-refractivity contribution >= 4 is 26.7 Å². The first-order valence-corrected chi connectivity index (χ1v) is 12.5. The summed E-state index contributed by atoms with van der Waals surface area (Å²) < 4.78 is 27.0. The molecule has 3 rings (SSSR count). The Hall–Kier alpha value is -3.21. The van der Waals surface area contributed by atoms with E-state index in [-0.39, 0.29) is 17.7 Å². The number of aromatic amines is 1. The number of rotatable bonds is 10. The van der Waals surface area contributed by atoms with Gasteiger partial charge in [0.2, 0.25) is 0 Å². The average Bonchev–Trinajstić information content (AvgIpc) is 3.16. The average molecular weight is 476 g/mol. The number of ketones is 1. The van der Waals surface area contributed by atoms with Crippen LogP contribution in [0.4, 0.5) is 0 Å². The second-order valence-corrected chi connectivity index (χ2v) is 10.1. The summed E-state index contributed by atoms with van der Waals surface area (Å²) in [6, 6.07) is 5.16. The molecule has 2 N–H and O–H groups in total. The van der Waals surface area contributed by atoms with E-state index in [2.05, 4.69) is 10.1 Å². The number of nitrogens with zero attached hydrogens (tertiary/aromatic N) is 3. The Balaban J connectivity index is 2.05. The molecule has 0 spiro atoms. The molecule has 33 heavy (non-hydrogen) atoms. The number of fused-ring (bicyclic) bond motifs is 1. The Morgan fingerprint density at radius 3 is 2.55 bits per heavy atom. The van der Waals surface area contributed by atoms with Crippen molar-refractivity contribution in [2.45, 2.75) is 52.4 Å². The summed E-state index contributed by atoms with van der Waals surface area (Å²) in [5.74, 6) is -1.18. The van der Waals surface area contributed by atoms with Gasteiger partial charge in [0.1, 0.15) is 11.5 Å². The van der Waals surface area contributed by atoms with Gasteiger partial charge in [-0.15, -0.1) is 0 Å². The Bertz CT molecular complexity index is 1400. The predicted octanol–water partition coefficient (Wildman–Crippen LogP) is 2.24. The molecule has 0 amide bonds. The lowest BCUT2D eigenvalue weighted by Gasteiger charge is -2.16. The van der Waals surface area contributed by atoms with E-state index in [4.69, 9.17) is 0 Å². The van der Waals surface area contributed by atoms with Crippen molar-refractivity contribution in [1.29, 1.82) is 0 Å². The van der Waals surface area contributed by atoms with E-state index in [0.717, 1.165) is 29.7 Å². The smallest absolute Gasteiger partial charge is 0.305 e. The Morgan fingerprint density at radius 1 is 1.21 bits per heavy atom. The van der Waals surface area contributed by atoms with Crippen molar-refractivity contribution in [2.75, 3.05) is 10.6 Å². The zero-order valence-electron chi connectivity index (χ0n) is 19.2. The molecule has 2 aromatic heterocycles. The van der Waals surface area contributed by atoms with Crippen molar-refractivity contribution < 1.29 is 13.2 Å². The van der Waals surface area contributed by atoms with Crippen LogP contribution in [0.15, 0.2) is 34.0 Å². The molecule has 0 fully saturated rings. The Morgan fingerprint density at radius 2 is 1.94 bits per heavy atom. The highest BCUT2D eigenvalue weighted by molar-refractivity contribution is 7.93. The summed E-state index contributed by atoms with van der Waals surface area (Å²) in [5, 5.41) is 4.31. The number of Topliss-reactive ketones (excluding diaryl/α,β-unsaturated/α-hetero) is 1. The summed E-state index contributed by atoms with van der Waals surface area (Å²) >= 11 is 0. The molecular weight excluding hydrogens is 446 g/mol. The van der Waals surface area contributed by atoms with E-state index in [0.29, 0.717) is 16.6 Å². The van der Waals surface area contributed by atoms with Gasteiger partial charge < -0.3 is 4.98 Å². The number of hydrogen-bond donors (Lipinski definition) is 2. The van der Waals surface area contributed by atoms with Crippen molar-refractivity contribution in [3.05, 3.63) is 50.8 Å². The maximum Gasteiger partial charge on any atom is 0.348 e. The SMILES string of the molecule is CCCCCC(=O)CS(=O)(=O)Nn1c(=O)[nH]c2cc(C(C)C)c(-c3ccnn3C)cc2c1=O. The maximum absolute atomic E-state index is 13.1. The molecule has 1 aromatic carbocycles. The molecule has 0 saturated carbocycles. The first-order valence-electron chi connectivity index (χ1n) is 10.9.